The van der Waals surface area contributed by atoms with Gasteiger partial charge in [-0.3, -0.25) is 4.79 Å². The Kier molecular flexibility index (Phi) is 8.22. The highest BCUT2D eigenvalue weighted by Crippen LogP contribution is 2.29. The van der Waals surface area contributed by atoms with E-state index in [0.717, 1.165) is 34.3 Å². The molecule has 138 valence electrons. The molecule has 0 unspecified atom stereocenters. The fourth-order valence-electron chi connectivity index (χ4n) is 2.25. The molecule has 0 radical (unpaired) electrons. The quantitative estimate of drug-likeness (QED) is 0.421. The molecule has 0 aliphatic rings. The van der Waals surface area contributed by atoms with Crippen LogP contribution in [0.15, 0.2) is 53.0 Å². The molecule has 0 aliphatic carbocycles. The Hall–Kier alpha value is -2.27. The maximum Gasteiger partial charge on any atom is 0.248 e. The van der Waals surface area contributed by atoms with Crippen LogP contribution in [0, 0.1) is 0 Å². The molecule has 5 heteroatoms. The Morgan fingerprint density at radius 3 is 2.65 bits per heavy atom. The fraction of sp³-hybridized carbons (Fsp3) is 0.286. The Labute approximate surface area is 163 Å². The van der Waals surface area contributed by atoms with Gasteiger partial charge in [-0.25, -0.2) is 0 Å². The van der Waals surface area contributed by atoms with E-state index >= 15 is 0 Å². The molecule has 2 aromatic carbocycles. The number of hydrogen-bond acceptors (Lipinski definition) is 3. The number of benzene rings is 2. The van der Waals surface area contributed by atoms with Crippen LogP contribution in [0.2, 0.25) is 0 Å². The van der Waals surface area contributed by atoms with E-state index in [4.69, 9.17) is 9.47 Å². The monoisotopic (exact) mass is 417 g/mol. The molecular weight excluding hydrogens is 394 g/mol. The highest BCUT2D eigenvalue weighted by atomic mass is 79.9. The van der Waals surface area contributed by atoms with Crippen molar-refractivity contribution in [3.05, 3.63) is 58.6 Å². The molecule has 0 saturated carbocycles. The van der Waals surface area contributed by atoms with Crippen LogP contribution in [-0.4, -0.2) is 19.1 Å². The van der Waals surface area contributed by atoms with Crippen molar-refractivity contribution in [1.29, 1.82) is 0 Å². The molecule has 2 rings (SSSR count). The first kappa shape index (κ1) is 20.0. The number of hydrogen-bond donors (Lipinski definition) is 1. The molecule has 0 fully saturated rings. The lowest BCUT2D eigenvalue weighted by Gasteiger charge is -2.12. The number of para-hydroxylation sites is 1. The molecule has 0 spiro atoms. The van der Waals surface area contributed by atoms with Crippen molar-refractivity contribution >= 4 is 33.6 Å². The lowest BCUT2D eigenvalue weighted by molar-refractivity contribution is -0.111. The Morgan fingerprint density at radius 2 is 1.92 bits per heavy atom. The third-order valence-electron chi connectivity index (χ3n) is 3.58. The van der Waals surface area contributed by atoms with Crippen molar-refractivity contribution < 1.29 is 14.3 Å². The van der Waals surface area contributed by atoms with Gasteiger partial charge in [-0.1, -0.05) is 31.5 Å². The van der Waals surface area contributed by atoms with Crippen molar-refractivity contribution in [2.24, 2.45) is 0 Å². The van der Waals surface area contributed by atoms with Crippen LogP contribution < -0.4 is 14.8 Å². The molecule has 0 bridgehead atoms. The summed E-state index contributed by atoms with van der Waals surface area (Å²) < 4.78 is 12.3. The minimum Gasteiger partial charge on any atom is -0.490 e. The smallest absolute Gasteiger partial charge is 0.248 e. The third-order valence-corrected chi connectivity index (χ3v) is 4.27. The van der Waals surface area contributed by atoms with E-state index in [1.165, 1.54) is 6.08 Å². The molecule has 0 aliphatic heterocycles. The van der Waals surface area contributed by atoms with Crippen molar-refractivity contribution in [3.8, 4) is 11.5 Å². The molecule has 0 saturated heterocycles. The van der Waals surface area contributed by atoms with Gasteiger partial charge in [0.15, 0.2) is 11.5 Å². The Morgan fingerprint density at radius 1 is 1.12 bits per heavy atom. The van der Waals surface area contributed by atoms with Gasteiger partial charge in [0.1, 0.15) is 0 Å². The van der Waals surface area contributed by atoms with E-state index < -0.39 is 0 Å². The number of carbonyl (C=O) groups is 1. The summed E-state index contributed by atoms with van der Waals surface area (Å²) in [6, 6.07) is 13.2. The van der Waals surface area contributed by atoms with Gasteiger partial charge in [-0.05, 0) is 65.2 Å². The minimum atomic E-state index is -0.196. The number of nitrogens with one attached hydrogen (secondary N) is 1. The summed E-state index contributed by atoms with van der Waals surface area (Å²) in [4.78, 5) is 12.1. The van der Waals surface area contributed by atoms with Gasteiger partial charge in [0.05, 0.1) is 18.9 Å². The first-order valence-corrected chi connectivity index (χ1v) is 9.56. The van der Waals surface area contributed by atoms with Gasteiger partial charge in [-0.2, -0.15) is 0 Å². The zero-order valence-electron chi connectivity index (χ0n) is 15.1. The maximum atomic E-state index is 12.1. The SMILES string of the molecule is CCCCOc1ccc(/C=C/C(=O)Nc2ccccc2Br)cc1OCC. The molecular formula is C21H24BrNO3. The molecule has 0 aromatic heterocycles. The second-order valence-corrected chi connectivity index (χ2v) is 6.50. The van der Waals surface area contributed by atoms with Crippen LogP contribution in [0.1, 0.15) is 32.3 Å². The summed E-state index contributed by atoms with van der Waals surface area (Å²) in [5, 5.41) is 2.84. The molecule has 1 amide bonds. The van der Waals surface area contributed by atoms with Gasteiger partial charge in [0, 0.05) is 10.5 Å². The molecule has 26 heavy (non-hydrogen) atoms. The van der Waals surface area contributed by atoms with Gasteiger partial charge in [0.2, 0.25) is 5.91 Å². The highest BCUT2D eigenvalue weighted by molar-refractivity contribution is 9.10. The van der Waals surface area contributed by atoms with Crippen LogP contribution in [0.4, 0.5) is 5.69 Å². The fourth-order valence-corrected chi connectivity index (χ4v) is 2.64. The van der Waals surface area contributed by atoms with E-state index in [1.807, 2.05) is 49.4 Å². The van der Waals surface area contributed by atoms with E-state index in [-0.39, 0.29) is 5.91 Å². The second kappa shape index (κ2) is 10.7. The number of rotatable bonds is 9. The van der Waals surface area contributed by atoms with E-state index in [2.05, 4.69) is 28.2 Å². The largest absolute Gasteiger partial charge is 0.490 e. The van der Waals surface area contributed by atoms with Crippen molar-refractivity contribution in [3.63, 3.8) is 0 Å². The average Bonchev–Trinajstić information content (AvgIpc) is 2.64. The zero-order chi connectivity index (χ0) is 18.8. The number of ether oxygens (including phenoxy) is 2. The predicted molar refractivity (Wildman–Crippen MR) is 110 cm³/mol. The second-order valence-electron chi connectivity index (χ2n) is 5.64. The highest BCUT2D eigenvalue weighted by Gasteiger charge is 2.06. The molecule has 0 heterocycles. The summed E-state index contributed by atoms with van der Waals surface area (Å²) in [6.07, 6.45) is 5.34. The molecule has 1 N–H and O–H groups in total. The number of halogens is 1. The van der Waals surface area contributed by atoms with Gasteiger partial charge >= 0.3 is 0 Å². The van der Waals surface area contributed by atoms with Crippen LogP contribution in [0.3, 0.4) is 0 Å². The lowest BCUT2D eigenvalue weighted by Crippen LogP contribution is -2.08. The van der Waals surface area contributed by atoms with Crippen LogP contribution >= 0.6 is 15.9 Å². The standard InChI is InChI=1S/C21H24BrNO3/c1-3-5-14-26-19-12-10-16(15-20(19)25-4-2)11-13-21(24)23-18-9-7-6-8-17(18)22/h6-13,15H,3-5,14H2,1-2H3,(H,23,24)/b13-11+. The number of carbonyl (C=O) groups excluding carboxylic acids is 1. The summed E-state index contributed by atoms with van der Waals surface area (Å²) >= 11 is 3.41. The normalized spacial score (nSPS) is 10.7. The first-order valence-electron chi connectivity index (χ1n) is 8.77. The first-order chi connectivity index (χ1) is 12.6. The number of anilines is 1. The molecule has 2 aromatic rings. The number of unbranched alkanes of at least 4 members (excludes halogenated alkanes) is 1. The lowest BCUT2D eigenvalue weighted by atomic mass is 10.2. The van der Waals surface area contributed by atoms with Gasteiger partial charge in [-0.15, -0.1) is 0 Å². The minimum absolute atomic E-state index is 0.196. The van der Waals surface area contributed by atoms with Crippen molar-refractivity contribution in [2.45, 2.75) is 26.7 Å². The summed E-state index contributed by atoms with van der Waals surface area (Å²) in [7, 11) is 0. The van der Waals surface area contributed by atoms with Crippen molar-refractivity contribution in [1.82, 2.24) is 0 Å². The van der Waals surface area contributed by atoms with Crippen LogP contribution in [0.5, 0.6) is 11.5 Å². The zero-order valence-corrected chi connectivity index (χ0v) is 16.7. The van der Waals surface area contributed by atoms with E-state index in [1.54, 1.807) is 6.08 Å². The number of amides is 1. The molecule has 0 atom stereocenters. The van der Waals surface area contributed by atoms with E-state index in [9.17, 15) is 4.79 Å². The van der Waals surface area contributed by atoms with Crippen LogP contribution in [0.25, 0.3) is 6.08 Å². The van der Waals surface area contributed by atoms with Crippen LogP contribution in [-0.2, 0) is 4.79 Å². The van der Waals surface area contributed by atoms with Gasteiger partial charge in [0.25, 0.3) is 0 Å². The molecule has 4 nitrogen and oxygen atoms in total. The third kappa shape index (κ3) is 6.23. The summed E-state index contributed by atoms with van der Waals surface area (Å²) in [6.45, 7) is 5.28. The van der Waals surface area contributed by atoms with Gasteiger partial charge < -0.3 is 14.8 Å². The summed E-state index contributed by atoms with van der Waals surface area (Å²) in [5.41, 5.74) is 1.61. The topological polar surface area (TPSA) is 47.6 Å². The Balaban J connectivity index is 2.05. The summed E-state index contributed by atoms with van der Waals surface area (Å²) in [5.74, 6) is 1.23. The predicted octanol–water partition coefficient (Wildman–Crippen LogP) is 5.68. The average molecular weight is 418 g/mol. The van der Waals surface area contributed by atoms with Crippen molar-refractivity contribution in [2.75, 3.05) is 18.5 Å². The van der Waals surface area contributed by atoms with E-state index in [0.29, 0.717) is 19.0 Å². The maximum absolute atomic E-state index is 12.1. The Bertz CT molecular complexity index is 759.